The lowest BCUT2D eigenvalue weighted by atomic mass is 9.90. The van der Waals surface area contributed by atoms with Crippen LogP contribution in [0.15, 0.2) is 36.4 Å². The van der Waals surface area contributed by atoms with Crippen LogP contribution in [-0.2, 0) is 9.59 Å². The van der Waals surface area contributed by atoms with E-state index in [1.54, 1.807) is 6.07 Å². The molecule has 0 saturated carbocycles. The van der Waals surface area contributed by atoms with Crippen molar-refractivity contribution in [3.63, 3.8) is 0 Å². The van der Waals surface area contributed by atoms with E-state index in [0.717, 1.165) is 12.1 Å². The predicted octanol–water partition coefficient (Wildman–Crippen LogP) is 4.88. The molecule has 0 atom stereocenters. The van der Waals surface area contributed by atoms with Crippen molar-refractivity contribution >= 4 is 46.4 Å². The molecular weight excluding hydrogens is 373 g/mol. The van der Waals surface area contributed by atoms with Crippen LogP contribution < -0.4 is 10.6 Å². The fourth-order valence-electron chi connectivity index (χ4n) is 1.86. The van der Waals surface area contributed by atoms with Gasteiger partial charge in [-0.3, -0.25) is 9.59 Å². The van der Waals surface area contributed by atoms with Crippen molar-refractivity contribution in [2.24, 2.45) is 5.41 Å². The van der Waals surface area contributed by atoms with Crippen molar-refractivity contribution < 1.29 is 18.4 Å². The Kier molecular flexibility index (Phi) is 5.65. The lowest BCUT2D eigenvalue weighted by Crippen LogP contribution is -2.42. The van der Waals surface area contributed by atoms with Crippen molar-refractivity contribution in [1.29, 1.82) is 0 Å². The first kappa shape index (κ1) is 19.1. The molecule has 0 bridgehead atoms. The molecule has 0 saturated heterocycles. The lowest BCUT2D eigenvalue weighted by molar-refractivity contribution is -0.135. The molecule has 132 valence electrons. The first-order valence-corrected chi connectivity index (χ1v) is 7.90. The van der Waals surface area contributed by atoms with Crippen molar-refractivity contribution in [2.45, 2.75) is 13.8 Å². The molecular formula is C17H14Cl2F2N2O2. The van der Waals surface area contributed by atoms with Gasteiger partial charge in [-0.15, -0.1) is 0 Å². The summed E-state index contributed by atoms with van der Waals surface area (Å²) in [6.07, 6.45) is 0. The summed E-state index contributed by atoms with van der Waals surface area (Å²) in [5.74, 6) is -3.48. The monoisotopic (exact) mass is 386 g/mol. The number of halogens is 4. The summed E-state index contributed by atoms with van der Waals surface area (Å²) in [7, 11) is 0. The molecule has 0 heterocycles. The summed E-state index contributed by atoms with van der Waals surface area (Å²) in [5, 5.41) is 5.16. The standard InChI is InChI=1S/C17H14Cl2F2N2O2/c1-17(2,15(24)22-13-8-9(18)6-7-10(13)19)16(25)23-14-11(20)4-3-5-12(14)21/h3-8H,1-2H3,(H,22,24)(H,23,25). The maximum absolute atomic E-state index is 13.7. The Hall–Kier alpha value is -2.18. The fraction of sp³-hybridized carbons (Fsp3) is 0.176. The highest BCUT2D eigenvalue weighted by Crippen LogP contribution is 2.29. The van der Waals surface area contributed by atoms with Crippen LogP contribution in [-0.4, -0.2) is 11.8 Å². The van der Waals surface area contributed by atoms with Gasteiger partial charge in [-0.25, -0.2) is 8.78 Å². The van der Waals surface area contributed by atoms with E-state index in [-0.39, 0.29) is 10.7 Å². The van der Waals surface area contributed by atoms with Crippen molar-refractivity contribution in [3.8, 4) is 0 Å². The van der Waals surface area contributed by atoms with E-state index in [1.807, 2.05) is 0 Å². The molecule has 0 aliphatic rings. The maximum Gasteiger partial charge on any atom is 0.239 e. The minimum Gasteiger partial charge on any atom is -0.324 e. The number of rotatable bonds is 4. The van der Waals surface area contributed by atoms with Gasteiger partial charge in [0.15, 0.2) is 0 Å². The second-order valence-corrected chi connectivity index (χ2v) is 6.60. The van der Waals surface area contributed by atoms with Crippen molar-refractivity contribution in [2.75, 3.05) is 10.6 Å². The summed E-state index contributed by atoms with van der Waals surface area (Å²) in [4.78, 5) is 24.8. The van der Waals surface area contributed by atoms with Crippen LogP contribution in [0.2, 0.25) is 10.0 Å². The number of anilines is 2. The van der Waals surface area contributed by atoms with Crippen LogP contribution in [0.1, 0.15) is 13.8 Å². The van der Waals surface area contributed by atoms with E-state index >= 15 is 0 Å². The molecule has 0 aliphatic carbocycles. The van der Waals surface area contributed by atoms with Crippen LogP contribution in [0.25, 0.3) is 0 Å². The van der Waals surface area contributed by atoms with Gasteiger partial charge >= 0.3 is 0 Å². The molecule has 2 amide bonds. The first-order valence-electron chi connectivity index (χ1n) is 7.15. The number of hydrogen-bond donors (Lipinski definition) is 2. The molecule has 0 spiro atoms. The van der Waals surface area contributed by atoms with Crippen LogP contribution in [0, 0.1) is 17.0 Å². The Morgan fingerprint density at radius 1 is 0.960 bits per heavy atom. The highest BCUT2D eigenvalue weighted by molar-refractivity contribution is 6.36. The van der Waals surface area contributed by atoms with E-state index in [0.29, 0.717) is 5.02 Å². The highest BCUT2D eigenvalue weighted by Gasteiger charge is 2.37. The number of hydrogen-bond acceptors (Lipinski definition) is 2. The maximum atomic E-state index is 13.7. The summed E-state index contributed by atoms with van der Waals surface area (Å²) in [6, 6.07) is 7.61. The topological polar surface area (TPSA) is 58.2 Å². The molecule has 2 aromatic carbocycles. The molecule has 2 rings (SSSR count). The van der Waals surface area contributed by atoms with Gasteiger partial charge in [0.05, 0.1) is 10.7 Å². The summed E-state index contributed by atoms with van der Waals surface area (Å²) in [5.41, 5.74) is -2.04. The highest BCUT2D eigenvalue weighted by atomic mass is 35.5. The van der Waals surface area contributed by atoms with Crippen LogP contribution in [0.4, 0.5) is 20.2 Å². The molecule has 0 aliphatic heterocycles. The number of para-hydroxylation sites is 1. The van der Waals surface area contributed by atoms with Gasteiger partial charge in [0.2, 0.25) is 11.8 Å². The third-order valence-corrected chi connectivity index (χ3v) is 4.08. The second kappa shape index (κ2) is 7.37. The van der Waals surface area contributed by atoms with Crippen LogP contribution in [0.3, 0.4) is 0 Å². The Labute approximate surface area is 153 Å². The Bertz CT molecular complexity index is 821. The number of benzene rings is 2. The second-order valence-electron chi connectivity index (χ2n) is 5.75. The van der Waals surface area contributed by atoms with Gasteiger partial charge in [0.1, 0.15) is 22.7 Å². The average molecular weight is 387 g/mol. The zero-order valence-electron chi connectivity index (χ0n) is 13.3. The molecule has 2 aromatic rings. The van der Waals surface area contributed by atoms with E-state index < -0.39 is 34.6 Å². The molecule has 0 radical (unpaired) electrons. The van der Waals surface area contributed by atoms with Crippen molar-refractivity contribution in [1.82, 2.24) is 0 Å². The quantitative estimate of drug-likeness (QED) is 0.735. The van der Waals surface area contributed by atoms with E-state index in [1.165, 1.54) is 32.0 Å². The summed E-state index contributed by atoms with van der Waals surface area (Å²) >= 11 is 11.8. The smallest absolute Gasteiger partial charge is 0.239 e. The number of carbonyl (C=O) groups is 2. The Morgan fingerprint density at radius 2 is 1.52 bits per heavy atom. The fourth-order valence-corrected chi connectivity index (χ4v) is 2.20. The Morgan fingerprint density at radius 3 is 2.12 bits per heavy atom. The van der Waals surface area contributed by atoms with Crippen molar-refractivity contribution in [3.05, 3.63) is 58.1 Å². The SMILES string of the molecule is CC(C)(C(=O)Nc1cc(Cl)ccc1Cl)C(=O)Nc1c(F)cccc1F. The zero-order valence-corrected chi connectivity index (χ0v) is 14.8. The molecule has 8 heteroatoms. The van der Waals surface area contributed by atoms with Gasteiger partial charge in [-0.2, -0.15) is 0 Å². The van der Waals surface area contributed by atoms with E-state index in [4.69, 9.17) is 23.2 Å². The predicted molar refractivity (Wildman–Crippen MR) is 93.9 cm³/mol. The van der Waals surface area contributed by atoms with E-state index in [9.17, 15) is 18.4 Å². The minimum absolute atomic E-state index is 0.220. The molecule has 4 nitrogen and oxygen atoms in total. The molecule has 25 heavy (non-hydrogen) atoms. The zero-order chi connectivity index (χ0) is 18.8. The molecule has 0 fully saturated rings. The van der Waals surface area contributed by atoms with Gasteiger partial charge in [0, 0.05) is 5.02 Å². The molecule has 0 unspecified atom stereocenters. The summed E-state index contributed by atoms with van der Waals surface area (Å²) in [6.45, 7) is 2.63. The minimum atomic E-state index is -1.64. The van der Waals surface area contributed by atoms with Gasteiger partial charge < -0.3 is 10.6 Å². The normalized spacial score (nSPS) is 11.1. The van der Waals surface area contributed by atoms with Gasteiger partial charge in [-0.05, 0) is 44.2 Å². The van der Waals surface area contributed by atoms with Gasteiger partial charge in [-0.1, -0.05) is 29.3 Å². The number of carbonyl (C=O) groups excluding carboxylic acids is 2. The first-order chi connectivity index (χ1) is 11.6. The third-order valence-electron chi connectivity index (χ3n) is 3.51. The molecule has 0 aromatic heterocycles. The largest absolute Gasteiger partial charge is 0.324 e. The third kappa shape index (κ3) is 4.27. The average Bonchev–Trinajstić information content (AvgIpc) is 2.54. The van der Waals surface area contributed by atoms with Gasteiger partial charge in [0.25, 0.3) is 0 Å². The Balaban J connectivity index is 2.20. The number of amides is 2. The molecule has 2 N–H and O–H groups in total. The number of nitrogens with one attached hydrogen (secondary N) is 2. The van der Waals surface area contributed by atoms with Crippen LogP contribution in [0.5, 0.6) is 0 Å². The van der Waals surface area contributed by atoms with Crippen LogP contribution >= 0.6 is 23.2 Å². The summed E-state index contributed by atoms with van der Waals surface area (Å²) < 4.78 is 27.3. The lowest BCUT2D eigenvalue weighted by Gasteiger charge is -2.23. The van der Waals surface area contributed by atoms with E-state index in [2.05, 4.69) is 10.6 Å².